The highest BCUT2D eigenvalue weighted by Crippen LogP contribution is 2.43. The first-order valence-electron chi connectivity index (χ1n) is 9.74. The normalized spacial score (nSPS) is 22.1. The highest BCUT2D eigenvalue weighted by Gasteiger charge is 2.38. The number of hydrogen-bond donors (Lipinski definition) is 1. The smallest absolute Gasteiger partial charge is 0.238 e. The molecule has 138 valence electrons. The summed E-state index contributed by atoms with van der Waals surface area (Å²) >= 11 is 5.98. The quantitative estimate of drug-likeness (QED) is 0.629. The SMILES string of the molecule is C[C@H]1Cc2c([nH]c3ccccc23)[C@H](c2ccc(C3CC3)cc2)N1C(=O)CCl. The molecule has 27 heavy (non-hydrogen) atoms. The summed E-state index contributed by atoms with van der Waals surface area (Å²) in [6, 6.07) is 17.3. The van der Waals surface area contributed by atoms with Gasteiger partial charge >= 0.3 is 0 Å². The van der Waals surface area contributed by atoms with E-state index in [-0.39, 0.29) is 23.9 Å². The van der Waals surface area contributed by atoms with E-state index in [0.29, 0.717) is 0 Å². The Kier molecular flexibility index (Phi) is 4.01. The Morgan fingerprint density at radius 3 is 2.52 bits per heavy atom. The maximum absolute atomic E-state index is 12.8. The highest BCUT2D eigenvalue weighted by atomic mass is 35.5. The van der Waals surface area contributed by atoms with Gasteiger partial charge < -0.3 is 9.88 Å². The van der Waals surface area contributed by atoms with E-state index in [9.17, 15) is 4.79 Å². The number of hydrogen-bond acceptors (Lipinski definition) is 1. The summed E-state index contributed by atoms with van der Waals surface area (Å²) in [6.45, 7) is 2.13. The van der Waals surface area contributed by atoms with E-state index in [0.717, 1.165) is 29.1 Å². The van der Waals surface area contributed by atoms with Crippen molar-refractivity contribution in [3.8, 4) is 0 Å². The molecular weight excluding hydrogens is 356 g/mol. The number of aromatic amines is 1. The fourth-order valence-corrected chi connectivity index (χ4v) is 4.75. The molecule has 0 saturated heterocycles. The fraction of sp³-hybridized carbons (Fsp3) is 0.348. The molecule has 1 aliphatic heterocycles. The first-order valence-corrected chi connectivity index (χ1v) is 10.3. The minimum absolute atomic E-state index is 0.00950. The number of alkyl halides is 1. The average molecular weight is 379 g/mol. The van der Waals surface area contributed by atoms with Crippen molar-refractivity contribution in [2.24, 2.45) is 0 Å². The first-order chi connectivity index (χ1) is 13.2. The number of nitrogens with zero attached hydrogens (tertiary/aromatic N) is 1. The fourth-order valence-electron chi connectivity index (χ4n) is 4.61. The number of carbonyl (C=O) groups excluding carboxylic acids is 1. The monoisotopic (exact) mass is 378 g/mol. The molecule has 1 aliphatic carbocycles. The summed E-state index contributed by atoms with van der Waals surface area (Å²) in [5.74, 6) is 0.731. The molecule has 1 saturated carbocycles. The van der Waals surface area contributed by atoms with Crippen LogP contribution >= 0.6 is 11.6 Å². The number of amides is 1. The number of aromatic nitrogens is 1. The molecular formula is C23H23ClN2O. The zero-order chi connectivity index (χ0) is 18.5. The van der Waals surface area contributed by atoms with Crippen LogP contribution in [0.5, 0.6) is 0 Å². The maximum Gasteiger partial charge on any atom is 0.238 e. The Hall–Kier alpha value is -2.26. The van der Waals surface area contributed by atoms with Crippen LogP contribution in [0.1, 0.15) is 54.1 Å². The number of benzene rings is 2. The Bertz CT molecular complexity index is 1000. The van der Waals surface area contributed by atoms with Gasteiger partial charge in [0.05, 0.1) is 6.04 Å². The van der Waals surface area contributed by atoms with Crippen molar-refractivity contribution in [2.45, 2.75) is 44.2 Å². The van der Waals surface area contributed by atoms with Gasteiger partial charge in [-0.05, 0) is 54.9 Å². The van der Waals surface area contributed by atoms with Crippen molar-refractivity contribution in [3.05, 3.63) is 70.9 Å². The second kappa shape index (κ2) is 6.42. The number of halogens is 1. The summed E-state index contributed by atoms with van der Waals surface area (Å²) in [5, 5.41) is 1.26. The molecule has 0 spiro atoms. The average Bonchev–Trinajstić information content (AvgIpc) is 3.48. The van der Waals surface area contributed by atoms with Crippen LogP contribution in [0.15, 0.2) is 48.5 Å². The molecule has 1 aromatic heterocycles. The summed E-state index contributed by atoms with van der Waals surface area (Å²) in [4.78, 5) is 18.3. The lowest BCUT2D eigenvalue weighted by Gasteiger charge is -2.40. The van der Waals surface area contributed by atoms with Crippen molar-refractivity contribution in [2.75, 3.05) is 5.88 Å². The van der Waals surface area contributed by atoms with Crippen LogP contribution in [0.2, 0.25) is 0 Å². The molecule has 1 N–H and O–H groups in total. The molecule has 1 amide bonds. The van der Waals surface area contributed by atoms with Crippen LogP contribution in [-0.4, -0.2) is 27.7 Å². The van der Waals surface area contributed by atoms with Crippen LogP contribution in [0.25, 0.3) is 10.9 Å². The van der Waals surface area contributed by atoms with Gasteiger partial charge in [0.1, 0.15) is 5.88 Å². The van der Waals surface area contributed by atoms with E-state index in [1.54, 1.807) is 0 Å². The number of fused-ring (bicyclic) bond motifs is 3. The van der Waals surface area contributed by atoms with Gasteiger partial charge in [-0.3, -0.25) is 4.79 Å². The number of rotatable bonds is 3. The van der Waals surface area contributed by atoms with Crippen LogP contribution < -0.4 is 0 Å². The van der Waals surface area contributed by atoms with Crippen molar-refractivity contribution < 1.29 is 4.79 Å². The van der Waals surface area contributed by atoms with Gasteiger partial charge in [-0.25, -0.2) is 0 Å². The standard InChI is InChI=1S/C23H23ClN2O/c1-14-12-19-18-4-2-3-5-20(18)25-22(19)23(26(14)21(27)13-24)17-10-8-16(9-11-17)15-6-7-15/h2-5,8-11,14-15,23,25H,6-7,12-13H2,1H3/t14-,23-/m0/s1. The van der Waals surface area contributed by atoms with Crippen molar-refractivity contribution in [3.63, 3.8) is 0 Å². The summed E-state index contributed by atoms with van der Waals surface area (Å²) in [6.07, 6.45) is 3.43. The predicted octanol–water partition coefficient (Wildman–Crippen LogP) is 5.15. The third-order valence-electron chi connectivity index (χ3n) is 6.08. The molecule has 1 fully saturated rings. The second-order valence-electron chi connectivity index (χ2n) is 7.89. The van der Waals surface area contributed by atoms with Gasteiger partial charge in [0.2, 0.25) is 5.91 Å². The van der Waals surface area contributed by atoms with Crippen LogP contribution in [0.4, 0.5) is 0 Å². The van der Waals surface area contributed by atoms with Gasteiger partial charge in [-0.1, -0.05) is 42.5 Å². The van der Waals surface area contributed by atoms with Crippen molar-refractivity contribution in [1.82, 2.24) is 9.88 Å². The lowest BCUT2D eigenvalue weighted by atomic mass is 9.88. The van der Waals surface area contributed by atoms with Gasteiger partial charge in [0, 0.05) is 22.6 Å². The molecule has 3 aromatic rings. The summed E-state index contributed by atoms with van der Waals surface area (Å²) in [7, 11) is 0. The molecule has 0 radical (unpaired) electrons. The molecule has 0 bridgehead atoms. The molecule has 0 unspecified atom stereocenters. The molecule has 3 nitrogen and oxygen atoms in total. The molecule has 2 heterocycles. The van der Waals surface area contributed by atoms with Crippen LogP contribution in [0.3, 0.4) is 0 Å². The van der Waals surface area contributed by atoms with Crippen LogP contribution in [0, 0.1) is 0 Å². The van der Waals surface area contributed by atoms with E-state index >= 15 is 0 Å². The van der Waals surface area contributed by atoms with Crippen LogP contribution in [-0.2, 0) is 11.2 Å². The zero-order valence-corrected chi connectivity index (χ0v) is 16.2. The molecule has 4 heteroatoms. The summed E-state index contributed by atoms with van der Waals surface area (Å²) in [5.41, 5.74) is 6.15. The molecule has 2 aliphatic rings. The Labute approximate surface area is 164 Å². The molecule has 5 rings (SSSR count). The molecule has 2 aromatic carbocycles. The Morgan fingerprint density at radius 2 is 1.81 bits per heavy atom. The lowest BCUT2D eigenvalue weighted by Crippen LogP contribution is -2.46. The first kappa shape index (κ1) is 16.9. The van der Waals surface area contributed by atoms with Gasteiger partial charge in [-0.15, -0.1) is 11.6 Å². The number of carbonyl (C=O) groups is 1. The maximum atomic E-state index is 12.8. The Balaban J connectivity index is 1.67. The largest absolute Gasteiger partial charge is 0.356 e. The number of H-pyrrole nitrogens is 1. The van der Waals surface area contributed by atoms with Gasteiger partial charge in [0.15, 0.2) is 0 Å². The van der Waals surface area contributed by atoms with E-state index in [4.69, 9.17) is 11.6 Å². The van der Waals surface area contributed by atoms with E-state index in [2.05, 4.69) is 60.4 Å². The molecule has 2 atom stereocenters. The van der Waals surface area contributed by atoms with Gasteiger partial charge in [-0.2, -0.15) is 0 Å². The Morgan fingerprint density at radius 1 is 1.11 bits per heavy atom. The van der Waals surface area contributed by atoms with Crippen molar-refractivity contribution >= 4 is 28.4 Å². The third-order valence-corrected chi connectivity index (χ3v) is 6.30. The second-order valence-corrected chi connectivity index (χ2v) is 8.16. The van der Waals surface area contributed by atoms with Gasteiger partial charge in [0.25, 0.3) is 0 Å². The number of para-hydroxylation sites is 1. The minimum Gasteiger partial charge on any atom is -0.356 e. The van der Waals surface area contributed by atoms with Crippen molar-refractivity contribution in [1.29, 1.82) is 0 Å². The minimum atomic E-state index is -0.115. The topological polar surface area (TPSA) is 36.1 Å². The van der Waals surface area contributed by atoms with E-state index in [1.165, 1.54) is 29.4 Å². The number of nitrogens with one attached hydrogen (secondary N) is 1. The summed E-state index contributed by atoms with van der Waals surface area (Å²) < 4.78 is 0. The third kappa shape index (κ3) is 2.76. The van der Waals surface area contributed by atoms with E-state index < -0.39 is 0 Å². The predicted molar refractivity (Wildman–Crippen MR) is 109 cm³/mol. The lowest BCUT2D eigenvalue weighted by molar-refractivity contribution is -0.133. The zero-order valence-electron chi connectivity index (χ0n) is 15.4. The highest BCUT2D eigenvalue weighted by molar-refractivity contribution is 6.27. The van der Waals surface area contributed by atoms with E-state index in [1.807, 2.05) is 4.90 Å².